The third-order valence-electron chi connectivity index (χ3n) is 14.3. The molecule has 0 aromatic carbocycles. The van der Waals surface area contributed by atoms with Gasteiger partial charge in [0.15, 0.2) is 0 Å². The zero-order chi connectivity index (χ0) is 33.9. The average molecular weight is 1050 g/mol. The predicted octanol–water partition coefficient (Wildman–Crippen LogP) is 9.34. The van der Waals surface area contributed by atoms with Gasteiger partial charge in [-0.25, -0.2) is 0 Å². The number of hydrogen-bond acceptors (Lipinski definition) is 6. The molecular formula is C39H55I2NO5Y2-2. The molecule has 8 aliphatic rings. The van der Waals surface area contributed by atoms with Crippen LogP contribution in [0, 0.1) is 58.2 Å². The van der Waals surface area contributed by atoms with Gasteiger partial charge >= 0.3 is 11.9 Å². The molecule has 4 saturated carbocycles. The Labute approximate surface area is 373 Å². The van der Waals surface area contributed by atoms with E-state index < -0.39 is 0 Å². The summed E-state index contributed by atoms with van der Waals surface area (Å²) in [7, 11) is 4.27. The molecule has 10 heteroatoms. The van der Waals surface area contributed by atoms with E-state index in [1.807, 2.05) is 0 Å². The van der Waals surface area contributed by atoms with Gasteiger partial charge in [-0.2, -0.15) is 12.8 Å². The average Bonchev–Trinajstić information content (AvgIpc) is 3.61. The Balaban J connectivity index is 0.000000198. The van der Waals surface area contributed by atoms with E-state index in [2.05, 4.69) is 105 Å². The van der Waals surface area contributed by atoms with Crippen molar-refractivity contribution in [1.82, 2.24) is 4.90 Å². The molecule has 9 unspecified atom stereocenters. The van der Waals surface area contributed by atoms with Gasteiger partial charge < -0.3 is 27.2 Å². The van der Waals surface area contributed by atoms with Crippen LogP contribution < -0.4 is 0 Å². The largest absolute Gasteiger partial charge is 0.431 e. The quantitative estimate of drug-likeness (QED) is 0.113. The number of halogens is 2. The van der Waals surface area contributed by atoms with Gasteiger partial charge in [0.25, 0.3) is 0 Å². The Morgan fingerprint density at radius 2 is 1.16 bits per heavy atom. The molecule has 0 spiro atoms. The predicted molar refractivity (Wildman–Crippen MR) is 201 cm³/mol. The summed E-state index contributed by atoms with van der Waals surface area (Å²) < 4.78 is 13.0. The zero-order valence-electron chi connectivity index (χ0n) is 30.5. The number of carbonyl (C=O) groups is 3. The number of nitrogens with zero attached hydrogens (tertiary/aromatic N) is 1. The van der Waals surface area contributed by atoms with Crippen LogP contribution in [0.4, 0.5) is 0 Å². The number of allylic oxidation sites excluding steroid dienone is 4. The molecule has 2 aliphatic heterocycles. The van der Waals surface area contributed by atoms with E-state index in [1.54, 1.807) is 0 Å². The fraction of sp³-hybridized carbons (Fsp3) is 0.769. The summed E-state index contributed by atoms with van der Waals surface area (Å²) in [6.07, 6.45) is 19.0. The number of esters is 2. The van der Waals surface area contributed by atoms with Crippen molar-refractivity contribution in [2.75, 3.05) is 16.5 Å². The first-order chi connectivity index (χ1) is 22.2. The molecule has 0 aromatic heterocycles. The molecule has 8 rings (SSSR count). The standard InChI is InChI=1S/C20H30NO2.C18H23O3.CH2I2.2Y/c1-19-9-5-6-14(19)17-15(8-10-19)20(2)11-7-13(21(3)4)12-16(20)18(22)23-17;1-17-7-3-4-12(17)15-13(6-8-17)18(2)9-5-11(19)10-14(18)16(20)21-15;2-1-3;;/h9,13,15-16H,5-8,10-12H2,1-4H3;7,13-14H,3-6,8-10H2,1-2H3;1H2;;/q2*-1;;;. The number of Topliss-reactive ketones (excluding diaryl/α,β-unsaturated/α-hetero) is 1. The number of ether oxygens (including phenoxy) is 2. The van der Waals surface area contributed by atoms with Gasteiger partial charge in [0, 0.05) is 96.1 Å². The van der Waals surface area contributed by atoms with E-state index in [9.17, 15) is 14.4 Å². The minimum absolute atomic E-state index is 0. The number of alkyl halides is 2. The van der Waals surface area contributed by atoms with Gasteiger partial charge in [0.1, 0.15) is 17.3 Å². The maximum atomic E-state index is 12.9. The van der Waals surface area contributed by atoms with E-state index in [1.165, 1.54) is 32.8 Å². The second-order valence-electron chi connectivity index (χ2n) is 16.9. The summed E-state index contributed by atoms with van der Waals surface area (Å²) in [4.78, 5) is 39.4. The molecule has 0 N–H and O–H groups in total. The molecule has 0 aromatic rings. The SMILES string of the molecule is CC12[CH-]CCC1=C1OC(=O)C3CC(=O)CCC3(C)C1CC2.CN(C)C1CCC2(C)C(C1)C(=O)OC1=C3CC[CH-]C3(C)CCC12.ICI.[Y].[Y]. The topological polar surface area (TPSA) is 72.9 Å². The van der Waals surface area contributed by atoms with Crippen LogP contribution in [0.5, 0.6) is 0 Å². The molecule has 49 heavy (non-hydrogen) atoms. The number of fused-ring (bicyclic) bond motifs is 8. The summed E-state index contributed by atoms with van der Waals surface area (Å²) >= 11 is 4.55. The molecule has 6 aliphatic carbocycles. The van der Waals surface area contributed by atoms with Gasteiger partial charge in [0.2, 0.25) is 0 Å². The first-order valence-corrected chi connectivity index (χ1v) is 21.1. The van der Waals surface area contributed by atoms with Crippen molar-refractivity contribution in [3.8, 4) is 0 Å². The van der Waals surface area contributed by atoms with Crippen LogP contribution in [0.25, 0.3) is 0 Å². The van der Waals surface area contributed by atoms with Crippen LogP contribution in [-0.4, -0.2) is 45.2 Å². The molecule has 0 bridgehead atoms. The molecule has 0 amide bonds. The Bertz CT molecular complexity index is 1370. The summed E-state index contributed by atoms with van der Waals surface area (Å²) in [5, 5.41) is 0. The van der Waals surface area contributed by atoms with E-state index in [4.69, 9.17) is 9.47 Å². The minimum atomic E-state index is -0.220. The zero-order valence-corrected chi connectivity index (χ0v) is 40.5. The fourth-order valence-electron chi connectivity index (χ4n) is 11.1. The number of rotatable bonds is 1. The van der Waals surface area contributed by atoms with Crippen LogP contribution in [0.1, 0.15) is 118 Å². The monoisotopic (exact) mass is 1050 g/mol. The summed E-state index contributed by atoms with van der Waals surface area (Å²) in [6, 6.07) is 0.517. The Kier molecular flexibility index (Phi) is 14.9. The van der Waals surface area contributed by atoms with E-state index >= 15 is 0 Å². The van der Waals surface area contributed by atoms with Crippen LogP contribution in [0.2, 0.25) is 0 Å². The number of hydrogen-bond donors (Lipinski definition) is 0. The molecule has 6 fully saturated rings. The second kappa shape index (κ2) is 16.8. The van der Waals surface area contributed by atoms with E-state index in [-0.39, 0.29) is 117 Å². The van der Waals surface area contributed by atoms with Gasteiger partial charge in [-0.05, 0) is 63.5 Å². The third kappa shape index (κ3) is 7.90. The summed E-state index contributed by atoms with van der Waals surface area (Å²) in [5.41, 5.74) is 3.17. The normalized spacial score (nSPS) is 41.7. The van der Waals surface area contributed by atoms with Crippen molar-refractivity contribution in [3.63, 3.8) is 0 Å². The summed E-state index contributed by atoms with van der Waals surface area (Å²) in [6.45, 7) is 9.21. The molecular weight excluding hydrogens is 994 g/mol. The van der Waals surface area contributed by atoms with Crippen LogP contribution >= 0.6 is 45.2 Å². The van der Waals surface area contributed by atoms with Crippen molar-refractivity contribution in [2.45, 2.75) is 124 Å². The number of carbonyl (C=O) groups excluding carboxylic acids is 3. The van der Waals surface area contributed by atoms with Crippen molar-refractivity contribution in [1.29, 1.82) is 0 Å². The third-order valence-corrected chi connectivity index (χ3v) is 14.3. The fourth-order valence-corrected chi connectivity index (χ4v) is 11.1. The maximum Gasteiger partial charge on any atom is 0.315 e. The Morgan fingerprint density at radius 3 is 1.65 bits per heavy atom. The Hall–Kier alpha value is 1.72. The van der Waals surface area contributed by atoms with Crippen LogP contribution in [0.3, 0.4) is 0 Å². The number of ketones is 1. The molecule has 2 heterocycles. The van der Waals surface area contributed by atoms with Gasteiger partial charge in [-0.3, -0.25) is 14.4 Å². The molecule has 2 radical (unpaired) electrons. The maximum absolute atomic E-state index is 12.9. The van der Waals surface area contributed by atoms with Crippen molar-refractivity contribution in [3.05, 3.63) is 35.5 Å². The van der Waals surface area contributed by atoms with Crippen molar-refractivity contribution < 1.29 is 89.3 Å². The van der Waals surface area contributed by atoms with E-state index in [0.717, 1.165) is 69.3 Å². The molecule has 6 nitrogen and oxygen atoms in total. The van der Waals surface area contributed by atoms with Gasteiger partial charge in [0.05, 0.1) is 14.3 Å². The van der Waals surface area contributed by atoms with Crippen LogP contribution in [-0.2, 0) is 89.3 Å². The van der Waals surface area contributed by atoms with Gasteiger partial charge in [-0.15, -0.1) is 10.8 Å². The van der Waals surface area contributed by atoms with Crippen LogP contribution in [0.15, 0.2) is 22.7 Å². The smallest absolute Gasteiger partial charge is 0.315 e. The summed E-state index contributed by atoms with van der Waals surface area (Å²) in [5.74, 6) is 2.84. The minimum Gasteiger partial charge on any atom is -0.431 e. The van der Waals surface area contributed by atoms with Gasteiger partial charge in [-0.1, -0.05) is 110 Å². The second-order valence-corrected chi connectivity index (χ2v) is 21.3. The molecule has 9 atom stereocenters. The first kappa shape index (κ1) is 43.4. The van der Waals surface area contributed by atoms with Crippen molar-refractivity contribution >= 4 is 62.9 Å². The molecule has 2 saturated heterocycles. The molecule has 268 valence electrons. The van der Waals surface area contributed by atoms with E-state index in [0.29, 0.717) is 30.7 Å². The Morgan fingerprint density at radius 1 is 0.694 bits per heavy atom. The first-order valence-electron chi connectivity index (χ1n) is 18.1. The van der Waals surface area contributed by atoms with Crippen molar-refractivity contribution in [2.24, 2.45) is 45.3 Å².